The molecule has 3 N–H and O–H groups in total. The number of nitrogens with one attached hydrogen (secondary N) is 1. The van der Waals surface area contributed by atoms with Crippen LogP contribution in [0.5, 0.6) is 0 Å². The maximum Gasteiger partial charge on any atom is 0.336 e. The Balaban J connectivity index is 2.37. The van der Waals surface area contributed by atoms with Gasteiger partial charge in [0.15, 0.2) is 0 Å². The average molecular weight is 294 g/mol. The first kappa shape index (κ1) is 15.2. The third kappa shape index (κ3) is 3.13. The lowest BCUT2D eigenvalue weighted by Crippen LogP contribution is -2.27. The third-order valence-corrected chi connectivity index (χ3v) is 4.06. The summed E-state index contributed by atoms with van der Waals surface area (Å²) in [7, 11) is 0. The van der Waals surface area contributed by atoms with Gasteiger partial charge in [0.25, 0.3) is 5.69 Å². The monoisotopic (exact) mass is 294 g/mol. The van der Waals surface area contributed by atoms with Crippen LogP contribution in [0.2, 0.25) is 0 Å². The number of anilines is 1. The highest BCUT2D eigenvalue weighted by Gasteiger charge is 2.28. The lowest BCUT2D eigenvalue weighted by Gasteiger charge is -2.21. The number of nitro groups is 1. The van der Waals surface area contributed by atoms with Gasteiger partial charge in [0, 0.05) is 35.9 Å². The van der Waals surface area contributed by atoms with Gasteiger partial charge in [-0.1, -0.05) is 6.42 Å². The van der Waals surface area contributed by atoms with E-state index in [1.54, 1.807) is 6.92 Å². The number of nitrogens with zero attached hydrogens (tertiary/aromatic N) is 1. The number of carboxylic acids is 1. The van der Waals surface area contributed by atoms with Crippen LogP contribution < -0.4 is 5.32 Å². The molecule has 7 heteroatoms. The molecule has 0 bridgehead atoms. The number of carbonyl (C=O) groups is 1. The molecule has 1 aliphatic rings. The second kappa shape index (κ2) is 6.09. The standard InChI is InChI=1S/C14H18N2O5/c1-8-12(15-11-4-2-3-9(11)7-17)5-10(14(18)19)6-13(8)16(20)21/h5-6,9,11,15,17H,2-4,7H2,1H3,(H,18,19). The maximum atomic E-state index is 11.1. The molecule has 1 fully saturated rings. The summed E-state index contributed by atoms with van der Waals surface area (Å²) in [6.07, 6.45) is 2.73. The van der Waals surface area contributed by atoms with Gasteiger partial charge in [-0.25, -0.2) is 4.79 Å². The highest BCUT2D eigenvalue weighted by atomic mass is 16.6. The van der Waals surface area contributed by atoms with Crippen molar-refractivity contribution in [3.05, 3.63) is 33.4 Å². The number of aliphatic hydroxyl groups excluding tert-OH is 1. The molecule has 21 heavy (non-hydrogen) atoms. The van der Waals surface area contributed by atoms with Gasteiger partial charge in [0.05, 0.1) is 10.5 Å². The van der Waals surface area contributed by atoms with Gasteiger partial charge in [-0.05, 0) is 25.8 Å². The zero-order chi connectivity index (χ0) is 15.6. The van der Waals surface area contributed by atoms with E-state index in [0.29, 0.717) is 11.3 Å². The average Bonchev–Trinajstić information content (AvgIpc) is 2.87. The van der Waals surface area contributed by atoms with Gasteiger partial charge in [0.2, 0.25) is 0 Å². The summed E-state index contributed by atoms with van der Waals surface area (Å²) >= 11 is 0. The molecule has 114 valence electrons. The van der Waals surface area contributed by atoms with Crippen molar-refractivity contribution in [1.82, 2.24) is 0 Å². The summed E-state index contributed by atoms with van der Waals surface area (Å²) in [5.41, 5.74) is 0.532. The van der Waals surface area contributed by atoms with Crippen LogP contribution in [0.1, 0.15) is 35.2 Å². The molecular weight excluding hydrogens is 276 g/mol. The molecule has 0 aromatic heterocycles. The van der Waals surface area contributed by atoms with E-state index >= 15 is 0 Å². The fourth-order valence-electron chi connectivity index (χ4n) is 2.81. The van der Waals surface area contributed by atoms with Crippen LogP contribution in [0, 0.1) is 23.0 Å². The first-order valence-corrected chi connectivity index (χ1v) is 6.83. The summed E-state index contributed by atoms with van der Waals surface area (Å²) in [6, 6.07) is 2.50. The van der Waals surface area contributed by atoms with Crippen molar-refractivity contribution in [1.29, 1.82) is 0 Å². The Morgan fingerprint density at radius 1 is 1.48 bits per heavy atom. The molecule has 1 aliphatic carbocycles. The Hall–Kier alpha value is -2.15. The molecule has 0 amide bonds. The van der Waals surface area contributed by atoms with Crippen LogP contribution in [0.4, 0.5) is 11.4 Å². The lowest BCUT2D eigenvalue weighted by atomic mass is 10.0. The molecule has 0 aliphatic heterocycles. The summed E-state index contributed by atoms with van der Waals surface area (Å²) < 4.78 is 0. The van der Waals surface area contributed by atoms with E-state index in [1.165, 1.54) is 6.07 Å². The molecule has 2 unspecified atom stereocenters. The van der Waals surface area contributed by atoms with E-state index in [9.17, 15) is 20.0 Å². The van der Waals surface area contributed by atoms with Crippen LogP contribution in [0.25, 0.3) is 0 Å². The summed E-state index contributed by atoms with van der Waals surface area (Å²) in [5.74, 6) is -1.11. The van der Waals surface area contributed by atoms with E-state index in [1.807, 2.05) is 0 Å². The predicted molar refractivity (Wildman–Crippen MR) is 76.6 cm³/mol. The Kier molecular flexibility index (Phi) is 4.42. The number of aromatic carboxylic acids is 1. The third-order valence-electron chi connectivity index (χ3n) is 4.06. The highest BCUT2D eigenvalue weighted by Crippen LogP contribution is 2.33. The van der Waals surface area contributed by atoms with Crippen molar-refractivity contribution in [3.63, 3.8) is 0 Å². The van der Waals surface area contributed by atoms with Gasteiger partial charge in [-0.2, -0.15) is 0 Å². The minimum absolute atomic E-state index is 0.0114. The summed E-state index contributed by atoms with van der Waals surface area (Å²) in [6.45, 7) is 1.65. The maximum absolute atomic E-state index is 11.1. The number of benzene rings is 1. The number of rotatable bonds is 5. The van der Waals surface area contributed by atoms with Crippen LogP contribution in [-0.2, 0) is 0 Å². The predicted octanol–water partition coefficient (Wildman–Crippen LogP) is 2.17. The normalized spacial score (nSPS) is 21.2. The van der Waals surface area contributed by atoms with Crippen molar-refractivity contribution in [2.45, 2.75) is 32.2 Å². The van der Waals surface area contributed by atoms with Crippen molar-refractivity contribution in [2.24, 2.45) is 5.92 Å². The van der Waals surface area contributed by atoms with E-state index in [2.05, 4.69) is 5.32 Å². The van der Waals surface area contributed by atoms with Gasteiger partial charge in [-0.15, -0.1) is 0 Å². The zero-order valence-electron chi connectivity index (χ0n) is 11.7. The van der Waals surface area contributed by atoms with Crippen LogP contribution >= 0.6 is 0 Å². The number of nitro benzene ring substituents is 1. The Labute approximate surface area is 121 Å². The number of aliphatic hydroxyl groups is 1. The van der Waals surface area contributed by atoms with Crippen LogP contribution in [0.15, 0.2) is 12.1 Å². The molecule has 0 spiro atoms. The molecule has 1 aromatic carbocycles. The Morgan fingerprint density at radius 3 is 2.76 bits per heavy atom. The van der Waals surface area contributed by atoms with Gasteiger partial charge >= 0.3 is 5.97 Å². The second-order valence-electron chi connectivity index (χ2n) is 5.35. The summed E-state index contributed by atoms with van der Waals surface area (Å²) in [4.78, 5) is 21.6. The molecule has 1 saturated carbocycles. The van der Waals surface area contributed by atoms with Crippen molar-refractivity contribution in [2.75, 3.05) is 11.9 Å². The fourth-order valence-corrected chi connectivity index (χ4v) is 2.81. The Bertz CT molecular complexity index is 573. The Morgan fingerprint density at radius 2 is 2.19 bits per heavy atom. The van der Waals surface area contributed by atoms with Crippen molar-refractivity contribution in [3.8, 4) is 0 Å². The number of hydrogen-bond donors (Lipinski definition) is 3. The summed E-state index contributed by atoms with van der Waals surface area (Å²) in [5, 5.41) is 32.6. The van der Waals surface area contributed by atoms with Crippen molar-refractivity contribution < 1.29 is 19.9 Å². The fraction of sp³-hybridized carbons (Fsp3) is 0.500. The first-order chi connectivity index (χ1) is 9.93. The largest absolute Gasteiger partial charge is 0.478 e. The topological polar surface area (TPSA) is 113 Å². The van der Waals surface area contributed by atoms with Crippen LogP contribution in [-0.4, -0.2) is 33.8 Å². The molecule has 2 atom stereocenters. The van der Waals surface area contributed by atoms with E-state index < -0.39 is 10.9 Å². The smallest absolute Gasteiger partial charge is 0.336 e. The first-order valence-electron chi connectivity index (χ1n) is 6.83. The van der Waals surface area contributed by atoms with E-state index in [4.69, 9.17) is 5.11 Å². The molecular formula is C14H18N2O5. The van der Waals surface area contributed by atoms with E-state index in [0.717, 1.165) is 25.3 Å². The SMILES string of the molecule is Cc1c(NC2CCCC2CO)cc(C(=O)O)cc1[N+](=O)[O-]. The molecule has 0 saturated heterocycles. The van der Waals surface area contributed by atoms with E-state index in [-0.39, 0.29) is 29.8 Å². The molecule has 7 nitrogen and oxygen atoms in total. The second-order valence-corrected chi connectivity index (χ2v) is 5.35. The quantitative estimate of drug-likeness (QED) is 0.566. The molecule has 0 radical (unpaired) electrons. The van der Waals surface area contributed by atoms with Gasteiger partial charge < -0.3 is 15.5 Å². The zero-order valence-corrected chi connectivity index (χ0v) is 11.7. The molecule has 0 heterocycles. The minimum Gasteiger partial charge on any atom is -0.478 e. The van der Waals surface area contributed by atoms with Crippen LogP contribution in [0.3, 0.4) is 0 Å². The minimum atomic E-state index is -1.20. The van der Waals surface area contributed by atoms with Gasteiger partial charge in [0.1, 0.15) is 0 Å². The molecule has 1 aromatic rings. The molecule has 2 rings (SSSR count). The van der Waals surface area contributed by atoms with Crippen molar-refractivity contribution >= 4 is 17.3 Å². The van der Waals surface area contributed by atoms with Gasteiger partial charge in [-0.3, -0.25) is 10.1 Å². The lowest BCUT2D eigenvalue weighted by molar-refractivity contribution is -0.385. The number of hydrogen-bond acceptors (Lipinski definition) is 5. The number of carboxylic acid groups (broad SMARTS) is 1. The highest BCUT2D eigenvalue weighted by molar-refractivity contribution is 5.90.